The summed E-state index contributed by atoms with van der Waals surface area (Å²) >= 11 is 0. The maximum atomic E-state index is 12.1. The number of benzene rings is 1. The molecule has 0 bridgehead atoms. The molecular formula is C18H26N2O2Si. The number of carbonyl (C=O) groups is 2. The smallest absolute Gasteiger partial charge is 0.169 e. The van der Waals surface area contributed by atoms with E-state index in [-0.39, 0.29) is 11.6 Å². The van der Waals surface area contributed by atoms with Gasteiger partial charge in [-0.2, -0.15) is 5.10 Å². The van der Waals surface area contributed by atoms with Gasteiger partial charge in [0.1, 0.15) is 17.5 Å². The second kappa shape index (κ2) is 7.21. The molecule has 0 N–H and O–H groups in total. The molecule has 1 saturated carbocycles. The van der Waals surface area contributed by atoms with Crippen LogP contribution in [0.15, 0.2) is 35.4 Å². The number of nitrogens with zero attached hydrogens (tertiary/aromatic N) is 2. The van der Waals surface area contributed by atoms with Gasteiger partial charge >= 0.3 is 0 Å². The van der Waals surface area contributed by atoms with Crippen molar-refractivity contribution in [3.8, 4) is 0 Å². The van der Waals surface area contributed by atoms with Crippen LogP contribution in [0.4, 0.5) is 0 Å². The number of hydrogen-bond acceptors (Lipinski definition) is 4. The van der Waals surface area contributed by atoms with Gasteiger partial charge in [0.25, 0.3) is 0 Å². The highest BCUT2D eigenvalue weighted by Gasteiger charge is 2.34. The molecule has 1 atom stereocenters. The van der Waals surface area contributed by atoms with Crippen LogP contribution in [0.3, 0.4) is 0 Å². The summed E-state index contributed by atoms with van der Waals surface area (Å²) in [6.45, 7) is 8.91. The summed E-state index contributed by atoms with van der Waals surface area (Å²) in [4.78, 5) is 24.0. The molecule has 124 valence electrons. The molecule has 0 saturated heterocycles. The Labute approximate surface area is 139 Å². The van der Waals surface area contributed by atoms with Crippen molar-refractivity contribution in [2.75, 3.05) is 0 Å². The first kappa shape index (κ1) is 17.6. The molecule has 0 heterocycles. The van der Waals surface area contributed by atoms with Gasteiger partial charge in [-0.15, -0.1) is 0 Å². The Balaban J connectivity index is 2.31. The first-order valence-corrected chi connectivity index (χ1v) is 11.7. The van der Waals surface area contributed by atoms with Gasteiger partial charge in [0.2, 0.25) is 0 Å². The van der Waals surface area contributed by atoms with Gasteiger partial charge in [0.05, 0.1) is 12.3 Å². The molecule has 0 spiro atoms. The van der Waals surface area contributed by atoms with Gasteiger partial charge in [-0.05, 0) is 25.3 Å². The van der Waals surface area contributed by atoms with Crippen molar-refractivity contribution in [3.05, 3.63) is 35.9 Å². The quantitative estimate of drug-likeness (QED) is 0.470. The molecule has 0 amide bonds. The van der Waals surface area contributed by atoms with Crippen molar-refractivity contribution in [2.24, 2.45) is 11.0 Å². The van der Waals surface area contributed by atoms with Gasteiger partial charge in [-0.25, -0.2) is 0 Å². The monoisotopic (exact) mass is 330 g/mol. The fraction of sp³-hybridized carbons (Fsp3) is 0.500. The highest BCUT2D eigenvalue weighted by molar-refractivity contribution is 6.73. The fourth-order valence-electron chi connectivity index (χ4n) is 2.82. The lowest BCUT2D eigenvalue weighted by Crippen LogP contribution is -2.44. The molecular weight excluding hydrogens is 304 g/mol. The molecule has 5 heteroatoms. The second-order valence-corrected chi connectivity index (χ2v) is 12.0. The molecule has 1 fully saturated rings. The summed E-state index contributed by atoms with van der Waals surface area (Å²) < 4.78 is 2.13. The van der Waals surface area contributed by atoms with Crippen molar-refractivity contribution in [1.82, 2.24) is 4.67 Å². The Hall–Kier alpha value is -1.75. The molecule has 23 heavy (non-hydrogen) atoms. The van der Waals surface area contributed by atoms with Crippen molar-refractivity contribution in [2.45, 2.75) is 52.4 Å². The van der Waals surface area contributed by atoms with E-state index in [1.54, 1.807) is 0 Å². The standard InChI is InChI=1S/C18H26N2O2Si/c1-14(21)18-16(11-8-12-17(18)22)19-20(23(2,3)4)13-15-9-6-5-7-10-15/h5-7,9-10,18H,8,11-13H2,1-4H3/b19-16+. The Morgan fingerprint density at radius 1 is 1.22 bits per heavy atom. The Bertz CT molecular complexity index is 605. The van der Waals surface area contributed by atoms with Crippen molar-refractivity contribution in [3.63, 3.8) is 0 Å². The summed E-state index contributed by atoms with van der Waals surface area (Å²) in [5.74, 6) is -0.681. The summed E-state index contributed by atoms with van der Waals surface area (Å²) in [7, 11) is -1.72. The van der Waals surface area contributed by atoms with E-state index in [1.807, 2.05) is 18.2 Å². The molecule has 1 aliphatic carbocycles. The second-order valence-electron chi connectivity index (χ2n) is 7.17. The maximum absolute atomic E-state index is 12.1. The first-order chi connectivity index (χ1) is 10.8. The molecule has 0 aliphatic heterocycles. The summed E-state index contributed by atoms with van der Waals surface area (Å²) in [5.41, 5.74) is 1.95. The summed E-state index contributed by atoms with van der Waals surface area (Å²) in [6.07, 6.45) is 2.03. The van der Waals surface area contributed by atoms with E-state index in [0.29, 0.717) is 6.42 Å². The number of ketones is 2. The number of Topliss-reactive ketones (excluding diaryl/α,β-unsaturated/α-hetero) is 2. The van der Waals surface area contributed by atoms with Gasteiger partial charge < -0.3 is 4.67 Å². The first-order valence-electron chi connectivity index (χ1n) is 8.21. The van der Waals surface area contributed by atoms with E-state index in [4.69, 9.17) is 5.10 Å². The van der Waals surface area contributed by atoms with Gasteiger partial charge in [0.15, 0.2) is 8.24 Å². The third kappa shape index (κ3) is 4.61. The van der Waals surface area contributed by atoms with E-state index in [2.05, 4.69) is 36.4 Å². The molecule has 0 radical (unpaired) electrons. The summed E-state index contributed by atoms with van der Waals surface area (Å²) in [5, 5.41) is 4.83. The van der Waals surface area contributed by atoms with Gasteiger partial charge in [0, 0.05) is 6.42 Å². The predicted molar refractivity (Wildman–Crippen MR) is 95.8 cm³/mol. The zero-order chi connectivity index (χ0) is 17.0. The van der Waals surface area contributed by atoms with E-state index in [9.17, 15) is 9.59 Å². The van der Waals surface area contributed by atoms with Crippen LogP contribution in [0.2, 0.25) is 19.6 Å². The molecule has 2 rings (SSSR count). The average molecular weight is 331 g/mol. The van der Waals surface area contributed by atoms with Crippen LogP contribution < -0.4 is 0 Å². The topological polar surface area (TPSA) is 49.7 Å². The Morgan fingerprint density at radius 3 is 2.43 bits per heavy atom. The predicted octanol–water partition coefficient (Wildman–Crippen LogP) is 3.64. The molecule has 1 aliphatic rings. The van der Waals surface area contributed by atoms with Crippen LogP contribution >= 0.6 is 0 Å². The van der Waals surface area contributed by atoms with Gasteiger partial charge in [-0.3, -0.25) is 9.59 Å². The van der Waals surface area contributed by atoms with Crippen molar-refractivity contribution in [1.29, 1.82) is 0 Å². The lowest BCUT2D eigenvalue weighted by Gasteiger charge is -2.34. The van der Waals surface area contributed by atoms with Crippen molar-refractivity contribution < 1.29 is 9.59 Å². The Kier molecular flexibility index (Phi) is 5.52. The molecule has 1 unspecified atom stereocenters. The minimum atomic E-state index is -1.72. The average Bonchev–Trinajstić information content (AvgIpc) is 2.46. The highest BCUT2D eigenvalue weighted by Crippen LogP contribution is 2.23. The summed E-state index contributed by atoms with van der Waals surface area (Å²) in [6, 6.07) is 10.2. The molecule has 0 aromatic heterocycles. The highest BCUT2D eigenvalue weighted by atomic mass is 28.3. The maximum Gasteiger partial charge on any atom is 0.169 e. The third-order valence-electron chi connectivity index (χ3n) is 4.12. The SMILES string of the molecule is CC(=O)C1C(=O)CCC/C1=N\N(Cc1ccccc1)[Si](C)(C)C. The third-order valence-corrected chi connectivity index (χ3v) is 5.92. The van der Waals surface area contributed by atoms with Crippen LogP contribution in [0.5, 0.6) is 0 Å². The number of hydrazone groups is 1. The van der Waals surface area contributed by atoms with Crippen LogP contribution in [0, 0.1) is 5.92 Å². The zero-order valence-corrected chi connectivity index (χ0v) is 15.5. The van der Waals surface area contributed by atoms with Crippen LogP contribution in [-0.2, 0) is 16.1 Å². The zero-order valence-electron chi connectivity index (χ0n) is 14.5. The van der Waals surface area contributed by atoms with Crippen LogP contribution in [0.25, 0.3) is 0 Å². The Morgan fingerprint density at radius 2 is 1.87 bits per heavy atom. The van der Waals surface area contributed by atoms with E-state index in [0.717, 1.165) is 25.1 Å². The largest absolute Gasteiger partial charge is 0.320 e. The number of carbonyl (C=O) groups excluding carboxylic acids is 2. The van der Waals surface area contributed by atoms with E-state index >= 15 is 0 Å². The van der Waals surface area contributed by atoms with Crippen LogP contribution in [-0.4, -0.2) is 30.2 Å². The minimum absolute atomic E-state index is 0.0257. The molecule has 4 nitrogen and oxygen atoms in total. The lowest BCUT2D eigenvalue weighted by molar-refractivity contribution is -0.129. The van der Waals surface area contributed by atoms with E-state index < -0.39 is 14.2 Å². The number of rotatable bonds is 5. The fourth-order valence-corrected chi connectivity index (χ4v) is 3.91. The number of hydrogen-bond donors (Lipinski definition) is 0. The van der Waals surface area contributed by atoms with Gasteiger partial charge in [-0.1, -0.05) is 50.0 Å². The lowest BCUT2D eigenvalue weighted by atomic mass is 9.84. The van der Waals surface area contributed by atoms with E-state index in [1.165, 1.54) is 12.5 Å². The van der Waals surface area contributed by atoms with Crippen LogP contribution in [0.1, 0.15) is 31.7 Å². The molecule has 1 aromatic carbocycles. The normalized spacial score (nSPS) is 20.6. The minimum Gasteiger partial charge on any atom is -0.320 e. The molecule has 1 aromatic rings. The van der Waals surface area contributed by atoms with Crippen molar-refractivity contribution >= 4 is 25.5 Å².